The van der Waals surface area contributed by atoms with Gasteiger partial charge in [-0.1, -0.05) is 0 Å². The summed E-state index contributed by atoms with van der Waals surface area (Å²) >= 11 is 0. The largest absolute Gasteiger partial charge is 0.299 e. The number of fused-ring (bicyclic) bond motifs is 18. The molecule has 14 atom stereocenters. The van der Waals surface area contributed by atoms with Crippen LogP contribution in [-0.2, 0) is 4.79 Å². The average molecular weight is 252 g/mol. The molecule has 0 aromatic carbocycles. The van der Waals surface area contributed by atoms with Crippen molar-refractivity contribution < 1.29 is 4.79 Å². The van der Waals surface area contributed by atoms with Gasteiger partial charge in [0.15, 0.2) is 0 Å². The molecule has 0 saturated heterocycles. The van der Waals surface area contributed by atoms with E-state index in [1.54, 1.807) is 12.8 Å². The number of hydrogen-bond donors (Lipinski definition) is 0. The lowest BCUT2D eigenvalue weighted by Crippen LogP contribution is -2.86. The summed E-state index contributed by atoms with van der Waals surface area (Å²) in [7, 11) is 0. The van der Waals surface area contributed by atoms with Crippen LogP contribution in [0.4, 0.5) is 0 Å². The summed E-state index contributed by atoms with van der Waals surface area (Å²) in [4.78, 5) is 12.4. The fourth-order valence-corrected chi connectivity index (χ4v) is 9.66. The van der Waals surface area contributed by atoms with Crippen molar-refractivity contribution in [2.45, 2.75) is 19.3 Å². The Kier molecular flexibility index (Phi) is 1.01. The Morgan fingerprint density at radius 1 is 0.632 bits per heavy atom. The molecular weight excluding hydrogens is 232 g/mol. The molecule has 98 valence electrons. The van der Waals surface area contributed by atoms with Gasteiger partial charge in [0.05, 0.1) is 0 Å². The van der Waals surface area contributed by atoms with Gasteiger partial charge in [-0.3, -0.25) is 4.79 Å². The highest BCUT2D eigenvalue weighted by Crippen LogP contribution is 2.91. The van der Waals surface area contributed by atoms with Crippen LogP contribution in [0.25, 0.3) is 0 Å². The Hall–Kier alpha value is -0.330. The highest BCUT2D eigenvalue weighted by atomic mass is 16.1. The zero-order valence-electron chi connectivity index (χ0n) is 11.1. The van der Waals surface area contributed by atoms with E-state index in [9.17, 15) is 4.79 Å². The van der Waals surface area contributed by atoms with Crippen molar-refractivity contribution in [3.63, 3.8) is 0 Å². The Bertz CT molecular complexity index is 580. The smallest absolute Gasteiger partial charge is 0.139 e. The number of carbonyl (C=O) groups excluding carboxylic acids is 1. The number of ketones is 1. The molecule has 0 N–H and O–H groups in total. The van der Waals surface area contributed by atoms with Crippen molar-refractivity contribution >= 4 is 5.78 Å². The molecule has 0 heterocycles. The number of rotatable bonds is 0. The van der Waals surface area contributed by atoms with Crippen LogP contribution in [0.3, 0.4) is 0 Å². The summed E-state index contributed by atoms with van der Waals surface area (Å²) in [5.41, 5.74) is 0. The minimum atomic E-state index is 0.575. The van der Waals surface area contributed by atoms with Gasteiger partial charge >= 0.3 is 0 Å². The Balaban J connectivity index is 1.19. The predicted molar refractivity (Wildman–Crippen MR) is 67.7 cm³/mol. The van der Waals surface area contributed by atoms with Crippen LogP contribution in [-0.4, -0.2) is 5.78 Å². The summed E-state index contributed by atoms with van der Waals surface area (Å²) in [5, 5.41) is 0. The summed E-state index contributed by atoms with van der Waals surface area (Å²) in [6.07, 6.45) is 4.44. The van der Waals surface area contributed by atoms with Crippen LogP contribution in [0.5, 0.6) is 0 Å². The molecule has 14 unspecified atom stereocenters. The molecule has 1 heteroatoms. The quantitative estimate of drug-likeness (QED) is 0.605. The molecule has 0 bridgehead atoms. The van der Waals surface area contributed by atoms with Gasteiger partial charge in [-0.15, -0.1) is 0 Å². The second-order valence-electron chi connectivity index (χ2n) is 9.54. The van der Waals surface area contributed by atoms with Gasteiger partial charge in [0.2, 0.25) is 0 Å². The van der Waals surface area contributed by atoms with Crippen molar-refractivity contribution in [3.8, 4) is 0 Å². The lowest BCUT2D eigenvalue weighted by Gasteiger charge is -2.89. The zero-order valence-corrected chi connectivity index (χ0v) is 11.1. The molecule has 0 spiro atoms. The first-order chi connectivity index (χ1) is 9.38. The Labute approximate surface area is 113 Å². The summed E-state index contributed by atoms with van der Waals surface area (Å²) in [6.45, 7) is 0. The monoisotopic (exact) mass is 252 g/mol. The minimum absolute atomic E-state index is 0.575. The van der Waals surface area contributed by atoms with E-state index in [1.807, 2.05) is 0 Å². The maximum atomic E-state index is 12.4. The molecule has 0 radical (unpaired) electrons. The van der Waals surface area contributed by atoms with Crippen molar-refractivity contribution in [2.75, 3.05) is 0 Å². The van der Waals surface area contributed by atoms with Gasteiger partial charge in [-0.05, 0) is 90.3 Å². The second kappa shape index (κ2) is 2.16. The van der Waals surface area contributed by atoms with E-state index >= 15 is 0 Å². The molecule has 8 aliphatic carbocycles. The third-order valence-corrected chi connectivity index (χ3v) is 10.1. The molecule has 0 amide bonds. The number of hydrogen-bond acceptors (Lipinski definition) is 1. The van der Waals surface area contributed by atoms with Crippen molar-refractivity contribution in [2.24, 2.45) is 82.9 Å². The van der Waals surface area contributed by atoms with Crippen LogP contribution >= 0.6 is 0 Å². The summed E-state index contributed by atoms with van der Waals surface area (Å²) in [5.74, 6) is 15.0. The highest BCUT2D eigenvalue weighted by molar-refractivity contribution is 5.91. The third-order valence-electron chi connectivity index (χ3n) is 10.1. The first-order valence-corrected chi connectivity index (χ1v) is 8.91. The average Bonchev–Trinajstić information content (AvgIpc) is 3.06. The molecule has 8 saturated carbocycles. The van der Waals surface area contributed by atoms with E-state index in [-0.39, 0.29) is 0 Å². The second-order valence-corrected chi connectivity index (χ2v) is 9.54. The summed E-state index contributed by atoms with van der Waals surface area (Å²) < 4.78 is 0. The van der Waals surface area contributed by atoms with E-state index in [4.69, 9.17) is 0 Å². The molecule has 0 aromatic rings. The first kappa shape index (κ1) is 8.85. The highest BCUT2D eigenvalue weighted by Gasteiger charge is 2.88. The predicted octanol–water partition coefficient (Wildman–Crippen LogP) is 2.46. The normalized spacial score (nSPS) is 85.4. The number of carbonyl (C=O) groups is 1. The van der Waals surface area contributed by atoms with Crippen LogP contribution in [0.2, 0.25) is 0 Å². The minimum Gasteiger partial charge on any atom is -0.299 e. The third kappa shape index (κ3) is 0.578. The van der Waals surface area contributed by atoms with Gasteiger partial charge in [-0.25, -0.2) is 0 Å². The van der Waals surface area contributed by atoms with Gasteiger partial charge < -0.3 is 0 Å². The topological polar surface area (TPSA) is 17.1 Å². The van der Waals surface area contributed by atoms with Crippen molar-refractivity contribution in [3.05, 3.63) is 0 Å². The maximum Gasteiger partial charge on any atom is 0.139 e. The first-order valence-electron chi connectivity index (χ1n) is 8.91. The lowest BCUT2D eigenvalue weighted by molar-refractivity contribution is -0.426. The van der Waals surface area contributed by atoms with Crippen molar-refractivity contribution in [1.29, 1.82) is 0 Å². The van der Waals surface area contributed by atoms with Gasteiger partial charge in [0, 0.05) is 11.8 Å². The van der Waals surface area contributed by atoms with E-state index in [0.29, 0.717) is 11.8 Å². The summed E-state index contributed by atoms with van der Waals surface area (Å²) in [6, 6.07) is 0. The molecule has 19 heavy (non-hydrogen) atoms. The van der Waals surface area contributed by atoms with Gasteiger partial charge in [-0.2, -0.15) is 0 Å². The van der Waals surface area contributed by atoms with Gasteiger partial charge in [0.1, 0.15) is 5.78 Å². The Morgan fingerprint density at radius 3 is 1.89 bits per heavy atom. The standard InChI is InChI=1S/C18H20O/c19-18-7-3-6(7)10-13-14-11-8-4-1-2-5(4)9(8)12(11)15(14)16(13)17(10)18/h4-17H,1-3H2. The molecule has 8 rings (SSSR count). The van der Waals surface area contributed by atoms with Crippen LogP contribution in [0.15, 0.2) is 0 Å². The molecular formula is C18H20O. The lowest BCUT2D eigenvalue weighted by atomic mass is 9.15. The van der Waals surface area contributed by atoms with Crippen LogP contribution in [0, 0.1) is 82.9 Å². The molecule has 1 nitrogen and oxygen atoms in total. The van der Waals surface area contributed by atoms with Gasteiger partial charge in [0.25, 0.3) is 0 Å². The van der Waals surface area contributed by atoms with Crippen LogP contribution < -0.4 is 0 Å². The van der Waals surface area contributed by atoms with E-state index < -0.39 is 0 Å². The van der Waals surface area contributed by atoms with E-state index in [1.165, 1.54) is 36.0 Å². The molecule has 0 aromatic heterocycles. The van der Waals surface area contributed by atoms with Crippen LogP contribution in [0.1, 0.15) is 19.3 Å². The van der Waals surface area contributed by atoms with E-state index in [2.05, 4.69) is 0 Å². The Morgan fingerprint density at radius 2 is 1.21 bits per heavy atom. The van der Waals surface area contributed by atoms with Crippen molar-refractivity contribution in [1.82, 2.24) is 0 Å². The number of Topliss-reactive ketones (excluding diaryl/α,β-unsaturated/α-hetero) is 1. The SMILES string of the molecule is O=C1C2CC2C2C1C1C2C2C3C4C5CCC5C4C3C12. The molecule has 0 aliphatic heterocycles. The fourth-order valence-electron chi connectivity index (χ4n) is 9.66. The van der Waals surface area contributed by atoms with E-state index in [0.717, 1.165) is 47.2 Å². The molecule has 8 aliphatic rings. The maximum absolute atomic E-state index is 12.4. The molecule has 8 fully saturated rings. The fraction of sp³-hybridized carbons (Fsp3) is 0.944. The zero-order chi connectivity index (χ0) is 11.8.